The van der Waals surface area contributed by atoms with Gasteiger partial charge in [0, 0.05) is 6.20 Å². The second kappa shape index (κ2) is 10.8. The average molecular weight is 369 g/mol. The molecule has 0 spiro atoms. The molecule has 1 aromatic carbocycles. The standard InChI is InChI=1S/C21H23NO5/c1-2-16-9-11-17(12-10-16)21(25)27-15-6-4-3-5-14-26-18-8-7-13-22-19(18)20(23)24/h2,7-13H,1,3-6,14-15H2,(H,23,24). The van der Waals surface area contributed by atoms with Crippen LogP contribution in [0.1, 0.15) is 52.1 Å². The molecular formula is C21H23NO5. The molecule has 6 nitrogen and oxygen atoms in total. The average Bonchev–Trinajstić information content (AvgIpc) is 2.70. The van der Waals surface area contributed by atoms with Crippen molar-refractivity contribution in [1.29, 1.82) is 0 Å². The van der Waals surface area contributed by atoms with Crippen LogP contribution in [0.15, 0.2) is 49.2 Å². The van der Waals surface area contributed by atoms with Crippen molar-refractivity contribution < 1.29 is 24.2 Å². The molecular weight excluding hydrogens is 346 g/mol. The lowest BCUT2D eigenvalue weighted by Crippen LogP contribution is -2.07. The van der Waals surface area contributed by atoms with E-state index in [1.807, 2.05) is 12.1 Å². The molecule has 2 rings (SSSR count). The number of unbranched alkanes of at least 4 members (excludes halogenated alkanes) is 3. The largest absolute Gasteiger partial charge is 0.491 e. The van der Waals surface area contributed by atoms with Gasteiger partial charge in [0.05, 0.1) is 18.8 Å². The van der Waals surface area contributed by atoms with Crippen LogP contribution in [0.2, 0.25) is 0 Å². The van der Waals surface area contributed by atoms with Crippen LogP contribution >= 0.6 is 0 Å². The number of carbonyl (C=O) groups excluding carboxylic acids is 1. The summed E-state index contributed by atoms with van der Waals surface area (Å²) in [6.45, 7) is 4.46. The number of hydrogen-bond donors (Lipinski definition) is 1. The number of rotatable bonds is 11. The highest BCUT2D eigenvalue weighted by Crippen LogP contribution is 2.16. The number of carboxylic acid groups (broad SMARTS) is 1. The smallest absolute Gasteiger partial charge is 0.358 e. The highest BCUT2D eigenvalue weighted by atomic mass is 16.5. The maximum Gasteiger partial charge on any atom is 0.358 e. The first-order chi connectivity index (χ1) is 13.1. The first kappa shape index (κ1) is 20.2. The van der Waals surface area contributed by atoms with Gasteiger partial charge in [0.25, 0.3) is 0 Å². The zero-order chi connectivity index (χ0) is 19.5. The number of nitrogens with zero attached hydrogens (tertiary/aromatic N) is 1. The summed E-state index contributed by atoms with van der Waals surface area (Å²) >= 11 is 0. The molecule has 0 saturated heterocycles. The Morgan fingerprint density at radius 1 is 1.04 bits per heavy atom. The van der Waals surface area contributed by atoms with E-state index < -0.39 is 5.97 Å². The second-order valence-corrected chi connectivity index (χ2v) is 5.88. The Hall–Kier alpha value is -3.15. The predicted molar refractivity (Wildman–Crippen MR) is 102 cm³/mol. The summed E-state index contributed by atoms with van der Waals surface area (Å²) in [5.41, 5.74) is 1.40. The fraction of sp³-hybridized carbons (Fsp3) is 0.286. The Morgan fingerprint density at radius 3 is 2.41 bits per heavy atom. The van der Waals surface area contributed by atoms with E-state index in [1.165, 1.54) is 6.20 Å². The highest BCUT2D eigenvalue weighted by molar-refractivity contribution is 5.89. The van der Waals surface area contributed by atoms with Crippen LogP contribution in [0.5, 0.6) is 5.75 Å². The van der Waals surface area contributed by atoms with Gasteiger partial charge in [0.15, 0.2) is 11.4 Å². The zero-order valence-corrected chi connectivity index (χ0v) is 15.1. The summed E-state index contributed by atoms with van der Waals surface area (Å²) in [4.78, 5) is 26.7. The third-order valence-corrected chi connectivity index (χ3v) is 3.88. The molecule has 0 aliphatic heterocycles. The van der Waals surface area contributed by atoms with Crippen LogP contribution in [0.3, 0.4) is 0 Å². The number of benzene rings is 1. The van der Waals surface area contributed by atoms with Crippen LogP contribution < -0.4 is 4.74 Å². The van der Waals surface area contributed by atoms with Gasteiger partial charge in [-0.05, 0) is 55.5 Å². The minimum Gasteiger partial charge on any atom is -0.491 e. The lowest BCUT2D eigenvalue weighted by molar-refractivity contribution is 0.0496. The fourth-order valence-corrected chi connectivity index (χ4v) is 2.41. The summed E-state index contributed by atoms with van der Waals surface area (Å²) in [6, 6.07) is 10.3. The minimum atomic E-state index is -1.11. The molecule has 0 fully saturated rings. The molecule has 6 heteroatoms. The van der Waals surface area contributed by atoms with E-state index in [9.17, 15) is 9.59 Å². The van der Waals surface area contributed by atoms with Crippen molar-refractivity contribution in [3.63, 3.8) is 0 Å². The number of aromatic nitrogens is 1. The number of carboxylic acids is 1. The molecule has 0 bridgehead atoms. The van der Waals surface area contributed by atoms with E-state index in [0.29, 0.717) is 18.8 Å². The number of ether oxygens (including phenoxy) is 2. The predicted octanol–water partition coefficient (Wildman–Crippen LogP) is 4.22. The maximum atomic E-state index is 11.9. The van der Waals surface area contributed by atoms with Gasteiger partial charge in [0.1, 0.15) is 0 Å². The van der Waals surface area contributed by atoms with Gasteiger partial charge < -0.3 is 14.6 Å². The van der Waals surface area contributed by atoms with E-state index in [0.717, 1.165) is 31.2 Å². The quantitative estimate of drug-likeness (QED) is 0.471. The molecule has 0 unspecified atom stereocenters. The fourth-order valence-electron chi connectivity index (χ4n) is 2.41. The maximum absolute atomic E-state index is 11.9. The third-order valence-electron chi connectivity index (χ3n) is 3.88. The normalized spacial score (nSPS) is 10.2. The molecule has 1 N–H and O–H groups in total. The Balaban J connectivity index is 1.58. The highest BCUT2D eigenvalue weighted by Gasteiger charge is 2.11. The minimum absolute atomic E-state index is 0.0782. The van der Waals surface area contributed by atoms with Gasteiger partial charge >= 0.3 is 11.9 Å². The van der Waals surface area contributed by atoms with Crippen LogP contribution in [0.25, 0.3) is 6.08 Å². The molecule has 0 radical (unpaired) electrons. The molecule has 0 amide bonds. The van der Waals surface area contributed by atoms with Gasteiger partial charge in [-0.25, -0.2) is 14.6 Å². The third kappa shape index (κ3) is 6.58. The van der Waals surface area contributed by atoms with Crippen molar-refractivity contribution in [3.05, 3.63) is 66.0 Å². The first-order valence-corrected chi connectivity index (χ1v) is 8.82. The summed E-state index contributed by atoms with van der Waals surface area (Å²) < 4.78 is 10.7. The molecule has 0 aliphatic carbocycles. The number of aromatic carboxylic acids is 1. The van der Waals surface area contributed by atoms with E-state index in [2.05, 4.69) is 11.6 Å². The van der Waals surface area contributed by atoms with Crippen molar-refractivity contribution in [2.45, 2.75) is 25.7 Å². The van der Waals surface area contributed by atoms with Gasteiger partial charge in [-0.2, -0.15) is 0 Å². The number of carbonyl (C=O) groups is 2. The van der Waals surface area contributed by atoms with Crippen LogP contribution in [0.4, 0.5) is 0 Å². The molecule has 2 aromatic rings. The van der Waals surface area contributed by atoms with Crippen molar-refractivity contribution >= 4 is 18.0 Å². The van der Waals surface area contributed by atoms with Crippen molar-refractivity contribution in [1.82, 2.24) is 4.98 Å². The molecule has 0 aliphatic rings. The Labute approximate surface area is 158 Å². The summed E-state index contributed by atoms with van der Waals surface area (Å²) in [7, 11) is 0. The van der Waals surface area contributed by atoms with Crippen molar-refractivity contribution in [2.24, 2.45) is 0 Å². The molecule has 0 saturated carbocycles. The lowest BCUT2D eigenvalue weighted by atomic mass is 10.1. The summed E-state index contributed by atoms with van der Waals surface area (Å²) in [6.07, 6.45) is 6.48. The monoisotopic (exact) mass is 369 g/mol. The Kier molecular flexibility index (Phi) is 8.03. The molecule has 1 aromatic heterocycles. The van der Waals surface area contributed by atoms with E-state index in [1.54, 1.807) is 30.3 Å². The second-order valence-electron chi connectivity index (χ2n) is 5.88. The Morgan fingerprint density at radius 2 is 1.74 bits per heavy atom. The number of hydrogen-bond acceptors (Lipinski definition) is 5. The van der Waals surface area contributed by atoms with Gasteiger partial charge in [-0.1, -0.05) is 24.8 Å². The summed E-state index contributed by atoms with van der Waals surface area (Å²) in [5.74, 6) is -1.15. The molecule has 0 atom stereocenters. The SMILES string of the molecule is C=Cc1ccc(C(=O)OCCCCCCOc2cccnc2C(=O)O)cc1. The summed E-state index contributed by atoms with van der Waals surface area (Å²) in [5, 5.41) is 9.03. The van der Waals surface area contributed by atoms with E-state index in [-0.39, 0.29) is 17.4 Å². The van der Waals surface area contributed by atoms with E-state index in [4.69, 9.17) is 14.6 Å². The topological polar surface area (TPSA) is 85.7 Å². The van der Waals surface area contributed by atoms with E-state index >= 15 is 0 Å². The zero-order valence-electron chi connectivity index (χ0n) is 15.1. The molecule has 27 heavy (non-hydrogen) atoms. The Bertz CT molecular complexity index is 770. The van der Waals surface area contributed by atoms with Gasteiger partial charge in [-0.15, -0.1) is 0 Å². The van der Waals surface area contributed by atoms with Crippen LogP contribution in [0, 0.1) is 0 Å². The van der Waals surface area contributed by atoms with Crippen LogP contribution in [-0.2, 0) is 4.74 Å². The van der Waals surface area contributed by atoms with Crippen molar-refractivity contribution in [3.8, 4) is 5.75 Å². The number of esters is 1. The number of pyridine rings is 1. The molecule has 142 valence electrons. The lowest BCUT2D eigenvalue weighted by Gasteiger charge is -2.08. The van der Waals surface area contributed by atoms with Gasteiger partial charge in [-0.3, -0.25) is 0 Å². The first-order valence-electron chi connectivity index (χ1n) is 8.82. The van der Waals surface area contributed by atoms with Gasteiger partial charge in [0.2, 0.25) is 0 Å². The van der Waals surface area contributed by atoms with Crippen LogP contribution in [-0.4, -0.2) is 35.2 Å². The molecule has 1 heterocycles. The van der Waals surface area contributed by atoms with Crippen molar-refractivity contribution in [2.75, 3.05) is 13.2 Å².